The van der Waals surface area contributed by atoms with Crippen LogP contribution in [0.3, 0.4) is 0 Å². The smallest absolute Gasteiger partial charge is 0.262 e. The Balaban J connectivity index is 2.42. The van der Waals surface area contributed by atoms with Gasteiger partial charge in [-0.05, 0) is 35.0 Å². The van der Waals surface area contributed by atoms with Crippen molar-refractivity contribution in [2.75, 3.05) is 4.90 Å². The van der Waals surface area contributed by atoms with Gasteiger partial charge in [-0.1, -0.05) is 6.07 Å². The second-order valence-electron chi connectivity index (χ2n) is 3.12. The second-order valence-corrected chi connectivity index (χ2v) is 3.94. The van der Waals surface area contributed by atoms with E-state index in [1.54, 1.807) is 25.1 Å². The molecule has 1 aromatic heterocycles. The molecule has 0 fully saturated rings. The monoisotopic (exact) mass is 266 g/mol. The van der Waals surface area contributed by atoms with E-state index in [1.165, 1.54) is 6.08 Å². The fourth-order valence-corrected chi connectivity index (χ4v) is 1.66. The molecular formula is C10H7BrN2O2. The van der Waals surface area contributed by atoms with E-state index >= 15 is 0 Å². The minimum absolute atomic E-state index is 0.314. The Morgan fingerprint density at radius 3 is 2.60 bits per heavy atom. The summed E-state index contributed by atoms with van der Waals surface area (Å²) in [7, 11) is 0. The normalized spacial score (nSPS) is 15.9. The Hall–Kier alpha value is -1.49. The molecule has 0 bridgehead atoms. The maximum Gasteiger partial charge on any atom is 0.262 e. The average molecular weight is 267 g/mol. The van der Waals surface area contributed by atoms with Crippen molar-refractivity contribution >= 4 is 33.6 Å². The van der Waals surface area contributed by atoms with E-state index < -0.39 is 0 Å². The maximum absolute atomic E-state index is 11.6. The van der Waals surface area contributed by atoms with Crippen molar-refractivity contribution in [2.45, 2.75) is 6.92 Å². The molecule has 0 saturated carbocycles. The number of amides is 2. The number of carbonyl (C=O) groups excluding carboxylic acids is 2. The summed E-state index contributed by atoms with van der Waals surface area (Å²) in [6.45, 7) is 1.61. The Bertz CT molecular complexity index is 482. The summed E-state index contributed by atoms with van der Waals surface area (Å²) in [5, 5.41) is 0. The van der Waals surface area contributed by atoms with Crippen molar-refractivity contribution in [3.63, 3.8) is 0 Å². The summed E-state index contributed by atoms with van der Waals surface area (Å²) < 4.78 is 0.588. The molecule has 0 radical (unpaired) electrons. The number of hydrogen-bond acceptors (Lipinski definition) is 3. The molecule has 2 heterocycles. The van der Waals surface area contributed by atoms with E-state index in [4.69, 9.17) is 0 Å². The highest BCUT2D eigenvalue weighted by Crippen LogP contribution is 2.21. The molecule has 2 amide bonds. The van der Waals surface area contributed by atoms with Crippen molar-refractivity contribution < 1.29 is 9.59 Å². The lowest BCUT2D eigenvalue weighted by molar-refractivity contribution is -0.120. The van der Waals surface area contributed by atoms with Crippen molar-refractivity contribution in [3.8, 4) is 0 Å². The minimum Gasteiger partial charge on any atom is -0.269 e. The number of anilines is 1. The molecule has 0 aromatic carbocycles. The van der Waals surface area contributed by atoms with E-state index in [0.29, 0.717) is 16.0 Å². The molecule has 1 aliphatic rings. The molecule has 0 atom stereocenters. The Morgan fingerprint density at radius 2 is 2.07 bits per heavy atom. The molecule has 0 saturated heterocycles. The molecule has 1 aromatic rings. The Labute approximate surface area is 94.7 Å². The number of nitrogens with zero attached hydrogens (tertiary/aromatic N) is 2. The third-order valence-corrected chi connectivity index (χ3v) is 2.47. The molecule has 0 aliphatic carbocycles. The molecule has 0 spiro atoms. The summed E-state index contributed by atoms with van der Waals surface area (Å²) >= 11 is 3.19. The van der Waals surface area contributed by atoms with E-state index in [2.05, 4.69) is 20.9 Å². The third-order valence-electron chi connectivity index (χ3n) is 2.03. The first-order valence-electron chi connectivity index (χ1n) is 4.29. The average Bonchev–Trinajstić information content (AvgIpc) is 2.41. The van der Waals surface area contributed by atoms with Crippen LogP contribution in [-0.2, 0) is 9.59 Å². The van der Waals surface area contributed by atoms with Crippen LogP contribution >= 0.6 is 15.9 Å². The molecule has 4 nitrogen and oxygen atoms in total. The van der Waals surface area contributed by atoms with Crippen LogP contribution in [0.2, 0.25) is 0 Å². The molecule has 76 valence electrons. The first kappa shape index (κ1) is 10.0. The van der Waals surface area contributed by atoms with Crippen LogP contribution in [0.4, 0.5) is 5.82 Å². The van der Waals surface area contributed by atoms with Gasteiger partial charge in [-0.2, -0.15) is 0 Å². The third kappa shape index (κ3) is 1.70. The van der Waals surface area contributed by atoms with Crippen LogP contribution < -0.4 is 4.90 Å². The van der Waals surface area contributed by atoms with Gasteiger partial charge < -0.3 is 0 Å². The quantitative estimate of drug-likeness (QED) is 0.574. The number of aromatic nitrogens is 1. The fourth-order valence-electron chi connectivity index (χ4n) is 1.33. The fraction of sp³-hybridized carbons (Fsp3) is 0.100. The number of imide groups is 1. The summed E-state index contributed by atoms with van der Waals surface area (Å²) in [6.07, 6.45) is 1.31. The van der Waals surface area contributed by atoms with Crippen molar-refractivity contribution in [3.05, 3.63) is 34.5 Å². The van der Waals surface area contributed by atoms with Crippen LogP contribution in [0, 0.1) is 0 Å². The number of rotatable bonds is 1. The molecular weight excluding hydrogens is 260 g/mol. The van der Waals surface area contributed by atoms with E-state index in [0.717, 1.165) is 4.90 Å². The molecule has 0 unspecified atom stereocenters. The van der Waals surface area contributed by atoms with E-state index in [9.17, 15) is 9.59 Å². The zero-order chi connectivity index (χ0) is 11.0. The van der Waals surface area contributed by atoms with Crippen molar-refractivity contribution in [1.29, 1.82) is 0 Å². The van der Waals surface area contributed by atoms with Crippen LogP contribution in [-0.4, -0.2) is 16.8 Å². The second kappa shape index (κ2) is 3.58. The van der Waals surface area contributed by atoms with Crippen LogP contribution in [0.1, 0.15) is 6.92 Å². The largest absolute Gasteiger partial charge is 0.269 e. The van der Waals surface area contributed by atoms with Crippen LogP contribution in [0.25, 0.3) is 0 Å². The van der Waals surface area contributed by atoms with Crippen molar-refractivity contribution in [1.82, 2.24) is 4.98 Å². The van der Waals surface area contributed by atoms with Gasteiger partial charge in [0.15, 0.2) is 0 Å². The summed E-state index contributed by atoms with van der Waals surface area (Å²) in [4.78, 5) is 28.2. The summed E-state index contributed by atoms with van der Waals surface area (Å²) in [5.74, 6) is -0.318. The first-order valence-corrected chi connectivity index (χ1v) is 5.08. The number of pyridine rings is 1. The van der Waals surface area contributed by atoms with Crippen LogP contribution in [0.15, 0.2) is 34.5 Å². The lowest BCUT2D eigenvalue weighted by Crippen LogP contribution is -2.31. The molecule has 5 heteroatoms. The lowest BCUT2D eigenvalue weighted by Gasteiger charge is -2.12. The maximum atomic E-state index is 11.6. The van der Waals surface area contributed by atoms with E-state index in [1.807, 2.05) is 0 Å². The summed E-state index contributed by atoms with van der Waals surface area (Å²) in [5.41, 5.74) is 0.432. The number of halogens is 1. The van der Waals surface area contributed by atoms with Gasteiger partial charge in [0, 0.05) is 11.6 Å². The predicted molar refractivity (Wildman–Crippen MR) is 58.2 cm³/mol. The van der Waals surface area contributed by atoms with Gasteiger partial charge in [0.1, 0.15) is 10.4 Å². The molecule has 1 aliphatic heterocycles. The summed E-state index contributed by atoms with van der Waals surface area (Å²) in [6, 6.07) is 5.07. The zero-order valence-electron chi connectivity index (χ0n) is 7.90. The number of hydrogen-bond donors (Lipinski definition) is 0. The van der Waals surface area contributed by atoms with E-state index in [-0.39, 0.29) is 11.8 Å². The Morgan fingerprint density at radius 1 is 1.33 bits per heavy atom. The Kier molecular flexibility index (Phi) is 2.40. The predicted octanol–water partition coefficient (Wildman–Crippen LogP) is 1.66. The van der Waals surface area contributed by atoms with Gasteiger partial charge >= 0.3 is 0 Å². The number of carbonyl (C=O) groups is 2. The first-order chi connectivity index (χ1) is 7.09. The lowest BCUT2D eigenvalue weighted by atomic mass is 10.3. The standard InChI is InChI=1S/C10H7BrN2O2/c1-6-5-9(14)13(10(6)15)8-4-2-3-7(11)12-8/h2-5H,1H3. The highest BCUT2D eigenvalue weighted by atomic mass is 79.9. The molecule has 2 rings (SSSR count). The highest BCUT2D eigenvalue weighted by molar-refractivity contribution is 9.10. The van der Waals surface area contributed by atoms with Gasteiger partial charge in [0.05, 0.1) is 0 Å². The zero-order valence-corrected chi connectivity index (χ0v) is 9.48. The molecule has 15 heavy (non-hydrogen) atoms. The van der Waals surface area contributed by atoms with Gasteiger partial charge in [-0.3, -0.25) is 9.59 Å². The topological polar surface area (TPSA) is 50.3 Å². The SMILES string of the molecule is CC1=CC(=O)N(c2cccc(Br)n2)C1=O. The highest BCUT2D eigenvalue weighted by Gasteiger charge is 2.30. The van der Waals surface area contributed by atoms with Crippen LogP contribution in [0.5, 0.6) is 0 Å². The van der Waals surface area contributed by atoms with Gasteiger partial charge in [-0.15, -0.1) is 0 Å². The van der Waals surface area contributed by atoms with Gasteiger partial charge in [0.2, 0.25) is 0 Å². The van der Waals surface area contributed by atoms with Gasteiger partial charge in [-0.25, -0.2) is 9.88 Å². The minimum atomic E-state index is -0.344. The van der Waals surface area contributed by atoms with Crippen molar-refractivity contribution in [2.24, 2.45) is 0 Å². The molecule has 0 N–H and O–H groups in total. The van der Waals surface area contributed by atoms with Gasteiger partial charge in [0.25, 0.3) is 11.8 Å².